The number of nitrogens with two attached hydrogens (primary N) is 1. The van der Waals surface area contributed by atoms with Gasteiger partial charge in [0.25, 0.3) is 0 Å². The van der Waals surface area contributed by atoms with Crippen molar-refractivity contribution < 1.29 is 15.0 Å². The molecule has 0 heterocycles. The molecule has 1 aliphatic carbocycles. The van der Waals surface area contributed by atoms with E-state index in [-0.39, 0.29) is 12.4 Å². The summed E-state index contributed by atoms with van der Waals surface area (Å²) in [6, 6.07) is 0.565. The third-order valence-corrected chi connectivity index (χ3v) is 1.15. The highest BCUT2D eigenvalue weighted by atomic mass is 35.5. The quantitative estimate of drug-likeness (QED) is 0.508. The van der Waals surface area contributed by atoms with Crippen molar-refractivity contribution in [2.45, 2.75) is 25.3 Å². The summed E-state index contributed by atoms with van der Waals surface area (Å²) in [6.45, 7) is 0. The van der Waals surface area contributed by atoms with Crippen molar-refractivity contribution in [1.82, 2.24) is 0 Å². The molecule has 1 aliphatic rings. The number of rotatable bonds is 0. The Hall–Kier alpha value is -0.480. The van der Waals surface area contributed by atoms with Crippen LogP contribution in [0, 0.1) is 0 Å². The molecule has 0 unspecified atom stereocenters. The Bertz CT molecular complexity index is 90.9. The average molecular weight is 170 g/mol. The minimum Gasteiger partial charge on any atom is -0.450 e. The van der Waals surface area contributed by atoms with E-state index in [9.17, 15) is 0 Å². The maximum atomic E-state index is 8.56. The van der Waals surface area contributed by atoms with Crippen molar-refractivity contribution in [2.75, 3.05) is 0 Å². The predicted octanol–water partition coefficient (Wildman–Crippen LogP) is 1.14. The Labute approximate surface area is 65.4 Å². The Kier molecular flexibility index (Phi) is 8.11. The molecule has 5 heteroatoms. The monoisotopic (exact) mass is 169 g/mol. The lowest BCUT2D eigenvalue weighted by Crippen LogP contribution is -2.27. The fourth-order valence-electron chi connectivity index (χ4n) is 0.440. The lowest BCUT2D eigenvalue weighted by atomic mass is 9.95. The normalized spacial score (nSPS) is 15.3. The zero-order valence-corrected chi connectivity index (χ0v) is 6.30. The first-order valence-electron chi connectivity index (χ1n) is 2.80. The standard InChI is InChI=1S/C4H9N.CH2O3.ClH/c5-4-2-1-3-4;2-1(3)4;/h4H,1-3,5H2;(H2,2,3,4);1H. The maximum Gasteiger partial charge on any atom is 0.503 e. The van der Waals surface area contributed by atoms with Gasteiger partial charge in [-0.1, -0.05) is 6.42 Å². The molecule has 4 N–H and O–H groups in total. The highest BCUT2D eigenvalue weighted by Gasteiger charge is 2.09. The highest BCUT2D eigenvalue weighted by Crippen LogP contribution is 2.14. The third-order valence-electron chi connectivity index (χ3n) is 1.15. The lowest BCUT2D eigenvalue weighted by molar-refractivity contribution is 0.137. The molecule has 1 fully saturated rings. The van der Waals surface area contributed by atoms with E-state index in [1.54, 1.807) is 0 Å². The Morgan fingerprint density at radius 3 is 1.60 bits per heavy atom. The highest BCUT2D eigenvalue weighted by molar-refractivity contribution is 5.85. The van der Waals surface area contributed by atoms with E-state index in [0.29, 0.717) is 6.04 Å². The second kappa shape index (κ2) is 6.64. The van der Waals surface area contributed by atoms with Crippen molar-refractivity contribution in [2.24, 2.45) is 5.73 Å². The van der Waals surface area contributed by atoms with E-state index in [0.717, 1.165) is 0 Å². The van der Waals surface area contributed by atoms with Gasteiger partial charge in [0.15, 0.2) is 0 Å². The van der Waals surface area contributed by atoms with Crippen LogP contribution in [0.5, 0.6) is 0 Å². The molecule has 0 radical (unpaired) electrons. The van der Waals surface area contributed by atoms with Gasteiger partial charge >= 0.3 is 6.16 Å². The van der Waals surface area contributed by atoms with Crippen LogP contribution in [0.3, 0.4) is 0 Å². The number of carboxylic acid groups (broad SMARTS) is 2. The first-order valence-corrected chi connectivity index (χ1v) is 2.80. The summed E-state index contributed by atoms with van der Waals surface area (Å²) >= 11 is 0. The van der Waals surface area contributed by atoms with Gasteiger partial charge in [-0.15, -0.1) is 12.4 Å². The van der Waals surface area contributed by atoms with E-state index in [4.69, 9.17) is 20.7 Å². The Morgan fingerprint density at radius 1 is 1.40 bits per heavy atom. The number of carbonyl (C=O) groups is 1. The van der Waals surface area contributed by atoms with E-state index < -0.39 is 6.16 Å². The van der Waals surface area contributed by atoms with Crippen molar-refractivity contribution in [1.29, 1.82) is 0 Å². The third kappa shape index (κ3) is 10.5. The molecule has 1 saturated carbocycles. The van der Waals surface area contributed by atoms with E-state index in [1.807, 2.05) is 0 Å². The van der Waals surface area contributed by atoms with Crippen molar-refractivity contribution in [3.05, 3.63) is 0 Å². The number of halogens is 1. The summed E-state index contributed by atoms with van der Waals surface area (Å²) < 4.78 is 0. The van der Waals surface area contributed by atoms with Crippen LogP contribution >= 0.6 is 12.4 Å². The van der Waals surface area contributed by atoms with E-state index >= 15 is 0 Å². The Morgan fingerprint density at radius 2 is 1.60 bits per heavy atom. The second-order valence-electron chi connectivity index (χ2n) is 1.97. The van der Waals surface area contributed by atoms with Crippen molar-refractivity contribution >= 4 is 18.6 Å². The van der Waals surface area contributed by atoms with Gasteiger partial charge in [0.1, 0.15) is 0 Å². The molecule has 10 heavy (non-hydrogen) atoms. The minimum atomic E-state index is -1.83. The first-order chi connectivity index (χ1) is 4.13. The molecule has 0 spiro atoms. The van der Waals surface area contributed by atoms with Crippen molar-refractivity contribution in [3.8, 4) is 0 Å². The molecule has 4 nitrogen and oxygen atoms in total. The molecular weight excluding hydrogens is 158 g/mol. The summed E-state index contributed by atoms with van der Waals surface area (Å²) in [5.41, 5.74) is 5.38. The predicted molar refractivity (Wildman–Crippen MR) is 39.7 cm³/mol. The van der Waals surface area contributed by atoms with Gasteiger partial charge in [0.2, 0.25) is 0 Å². The van der Waals surface area contributed by atoms with Crippen LogP contribution in [0.2, 0.25) is 0 Å². The van der Waals surface area contributed by atoms with Gasteiger partial charge in [-0.05, 0) is 12.8 Å². The summed E-state index contributed by atoms with van der Waals surface area (Å²) in [7, 11) is 0. The van der Waals surface area contributed by atoms with Gasteiger partial charge in [-0.2, -0.15) is 0 Å². The molecular formula is C5H12ClNO3. The first kappa shape index (κ1) is 12.2. The average Bonchev–Trinajstić information content (AvgIpc) is 1.59. The molecule has 0 atom stereocenters. The molecule has 1 rings (SSSR count). The molecule has 0 bridgehead atoms. The van der Waals surface area contributed by atoms with Crippen LogP contribution in [0.1, 0.15) is 19.3 Å². The van der Waals surface area contributed by atoms with Crippen LogP contribution in [0.25, 0.3) is 0 Å². The molecule has 0 amide bonds. The van der Waals surface area contributed by atoms with E-state index in [1.165, 1.54) is 19.3 Å². The topological polar surface area (TPSA) is 83.6 Å². The van der Waals surface area contributed by atoms with Crippen molar-refractivity contribution in [3.63, 3.8) is 0 Å². The minimum absolute atomic E-state index is 0. The molecule has 0 aromatic carbocycles. The van der Waals surface area contributed by atoms with Crippen LogP contribution in [-0.2, 0) is 0 Å². The largest absolute Gasteiger partial charge is 0.503 e. The molecule has 0 aromatic rings. The van der Waals surface area contributed by atoms with Gasteiger partial charge < -0.3 is 15.9 Å². The number of hydrogen-bond donors (Lipinski definition) is 3. The van der Waals surface area contributed by atoms with E-state index in [2.05, 4.69) is 0 Å². The molecule has 62 valence electrons. The van der Waals surface area contributed by atoms with Gasteiger partial charge in [-0.3, -0.25) is 0 Å². The molecule has 0 saturated heterocycles. The van der Waals surface area contributed by atoms with Gasteiger partial charge in [-0.25, -0.2) is 4.79 Å². The number of hydrogen-bond acceptors (Lipinski definition) is 2. The van der Waals surface area contributed by atoms with Crippen LogP contribution in [0.15, 0.2) is 0 Å². The zero-order chi connectivity index (χ0) is 7.28. The van der Waals surface area contributed by atoms with Crippen LogP contribution in [0.4, 0.5) is 4.79 Å². The second-order valence-corrected chi connectivity index (χ2v) is 1.97. The van der Waals surface area contributed by atoms with Crippen LogP contribution in [-0.4, -0.2) is 22.4 Å². The fourth-order valence-corrected chi connectivity index (χ4v) is 0.440. The summed E-state index contributed by atoms with van der Waals surface area (Å²) in [5.74, 6) is 0. The summed E-state index contributed by atoms with van der Waals surface area (Å²) in [6.07, 6.45) is 2.06. The van der Waals surface area contributed by atoms with Gasteiger partial charge in [0, 0.05) is 6.04 Å². The maximum absolute atomic E-state index is 8.56. The van der Waals surface area contributed by atoms with Gasteiger partial charge in [0.05, 0.1) is 0 Å². The van der Waals surface area contributed by atoms with Crippen LogP contribution < -0.4 is 5.73 Å². The SMILES string of the molecule is Cl.NC1CCC1.O=C(O)O. The Balaban J connectivity index is 0. The molecule has 0 aromatic heterocycles. The summed E-state index contributed by atoms with van der Waals surface area (Å²) in [4.78, 5) is 8.56. The fraction of sp³-hybridized carbons (Fsp3) is 0.800. The zero-order valence-electron chi connectivity index (χ0n) is 5.49. The molecule has 0 aliphatic heterocycles. The smallest absolute Gasteiger partial charge is 0.450 e. The lowest BCUT2D eigenvalue weighted by Gasteiger charge is -2.18. The summed E-state index contributed by atoms with van der Waals surface area (Å²) in [5, 5.41) is 13.9.